The largest absolute Gasteiger partial charge is 0.383 e. The van der Waals surface area contributed by atoms with Gasteiger partial charge < -0.3 is 5.73 Å². The fraction of sp³-hybridized carbons (Fsp3) is 0.286. The van der Waals surface area contributed by atoms with Gasteiger partial charge in [0.15, 0.2) is 0 Å². The number of alkyl halides is 2. The average molecular weight is 366 g/mol. The fourth-order valence-electron chi connectivity index (χ4n) is 3.60. The molecule has 27 heavy (non-hydrogen) atoms. The highest BCUT2D eigenvalue weighted by Gasteiger charge is 2.44. The summed E-state index contributed by atoms with van der Waals surface area (Å²) < 4.78 is 26.0. The summed E-state index contributed by atoms with van der Waals surface area (Å²) in [5, 5.41) is 1.00. The third-order valence-corrected chi connectivity index (χ3v) is 4.97. The molecule has 2 heterocycles. The highest BCUT2D eigenvalue weighted by molar-refractivity contribution is 5.88. The molecule has 4 nitrogen and oxygen atoms in total. The molecule has 138 valence electrons. The number of anilines is 1. The zero-order valence-electron chi connectivity index (χ0n) is 15.0. The highest BCUT2D eigenvalue weighted by Crippen LogP contribution is 2.44. The minimum atomic E-state index is -2.47. The Hall–Kier alpha value is -2.89. The first-order valence-corrected chi connectivity index (χ1v) is 8.89. The first-order chi connectivity index (χ1) is 12.9. The summed E-state index contributed by atoms with van der Waals surface area (Å²) in [7, 11) is 1.68. The van der Waals surface area contributed by atoms with Gasteiger partial charge in [0.05, 0.1) is 11.2 Å². The van der Waals surface area contributed by atoms with Crippen LogP contribution in [0.1, 0.15) is 24.0 Å². The van der Waals surface area contributed by atoms with Crippen molar-refractivity contribution in [3.8, 4) is 11.3 Å². The molecule has 1 fully saturated rings. The van der Waals surface area contributed by atoms with E-state index in [1.54, 1.807) is 19.5 Å². The molecule has 0 bridgehead atoms. The second-order valence-electron chi connectivity index (χ2n) is 7.14. The zero-order chi connectivity index (χ0) is 19.0. The lowest BCUT2D eigenvalue weighted by atomic mass is 9.77. The van der Waals surface area contributed by atoms with E-state index < -0.39 is 5.92 Å². The number of aromatic nitrogens is 2. The first-order valence-electron chi connectivity index (χ1n) is 8.89. The van der Waals surface area contributed by atoms with E-state index in [2.05, 4.69) is 9.98 Å². The van der Waals surface area contributed by atoms with E-state index in [0.29, 0.717) is 12.2 Å². The summed E-state index contributed by atoms with van der Waals surface area (Å²) in [6, 6.07) is 11.8. The highest BCUT2D eigenvalue weighted by atomic mass is 19.3. The molecule has 1 aliphatic rings. The molecule has 3 aromatic rings. The second-order valence-corrected chi connectivity index (χ2v) is 7.14. The Kier molecular flexibility index (Phi) is 4.34. The third kappa shape index (κ3) is 3.65. The number of nitrogen functional groups attached to an aromatic ring is 1. The molecule has 1 aromatic carbocycles. The number of rotatable bonds is 4. The summed E-state index contributed by atoms with van der Waals surface area (Å²) in [6.07, 6.45) is 4.05. The van der Waals surface area contributed by atoms with Crippen LogP contribution in [0, 0.1) is 5.92 Å². The predicted molar refractivity (Wildman–Crippen MR) is 104 cm³/mol. The van der Waals surface area contributed by atoms with Crippen molar-refractivity contribution in [2.24, 2.45) is 10.9 Å². The SMILES string of the molecule is CN=Cc1cc(-c2ccc3cc(CC4CC(F)(F)C4)ccc3n2)cnc1N. The summed E-state index contributed by atoms with van der Waals surface area (Å²) in [5.41, 5.74) is 10.2. The maximum Gasteiger partial charge on any atom is 0.248 e. The number of nitrogens with zero attached hydrogens (tertiary/aromatic N) is 3. The monoisotopic (exact) mass is 366 g/mol. The average Bonchev–Trinajstić information content (AvgIpc) is 2.62. The molecule has 0 unspecified atom stereocenters. The molecule has 2 N–H and O–H groups in total. The minimum absolute atomic E-state index is 0.00421. The number of halogens is 2. The van der Waals surface area contributed by atoms with Gasteiger partial charge in [-0.25, -0.2) is 18.7 Å². The van der Waals surface area contributed by atoms with E-state index in [1.807, 2.05) is 36.4 Å². The Bertz CT molecular complexity index is 1020. The number of benzene rings is 1. The van der Waals surface area contributed by atoms with Gasteiger partial charge in [0, 0.05) is 48.8 Å². The second kappa shape index (κ2) is 6.68. The number of hydrogen-bond acceptors (Lipinski definition) is 4. The molecule has 0 spiro atoms. The van der Waals surface area contributed by atoms with Crippen LogP contribution in [-0.4, -0.2) is 29.2 Å². The molecule has 0 atom stereocenters. The van der Waals surface area contributed by atoms with Crippen LogP contribution in [0.15, 0.2) is 47.6 Å². The molecule has 0 amide bonds. The van der Waals surface area contributed by atoms with Gasteiger partial charge in [-0.2, -0.15) is 0 Å². The van der Waals surface area contributed by atoms with Crippen molar-refractivity contribution >= 4 is 22.9 Å². The Morgan fingerprint density at radius 1 is 1.22 bits per heavy atom. The number of pyridine rings is 2. The summed E-state index contributed by atoms with van der Waals surface area (Å²) in [6.45, 7) is 0. The van der Waals surface area contributed by atoms with E-state index in [0.717, 1.165) is 33.3 Å². The quantitative estimate of drug-likeness (QED) is 0.691. The van der Waals surface area contributed by atoms with Crippen LogP contribution in [-0.2, 0) is 6.42 Å². The van der Waals surface area contributed by atoms with E-state index in [1.165, 1.54) is 0 Å². The zero-order valence-corrected chi connectivity index (χ0v) is 15.0. The molecule has 4 rings (SSSR count). The summed E-state index contributed by atoms with van der Waals surface area (Å²) in [4.78, 5) is 12.9. The van der Waals surface area contributed by atoms with Crippen LogP contribution in [0.3, 0.4) is 0 Å². The van der Waals surface area contributed by atoms with Gasteiger partial charge in [0.1, 0.15) is 5.82 Å². The number of hydrogen-bond donors (Lipinski definition) is 1. The van der Waals surface area contributed by atoms with Crippen molar-refractivity contribution in [2.75, 3.05) is 12.8 Å². The predicted octanol–water partition coefficient (Wildman–Crippen LogP) is 4.52. The molecule has 1 saturated carbocycles. The summed E-state index contributed by atoms with van der Waals surface area (Å²) >= 11 is 0. The van der Waals surface area contributed by atoms with Gasteiger partial charge in [-0.15, -0.1) is 0 Å². The molecule has 6 heteroatoms. The van der Waals surface area contributed by atoms with Crippen molar-refractivity contribution in [1.82, 2.24) is 9.97 Å². The van der Waals surface area contributed by atoms with Gasteiger partial charge in [-0.3, -0.25) is 4.99 Å². The van der Waals surface area contributed by atoms with E-state index in [9.17, 15) is 8.78 Å². The Balaban J connectivity index is 1.60. The fourth-order valence-corrected chi connectivity index (χ4v) is 3.60. The van der Waals surface area contributed by atoms with Crippen LogP contribution in [0.5, 0.6) is 0 Å². The van der Waals surface area contributed by atoms with Crippen molar-refractivity contribution in [3.05, 3.63) is 53.7 Å². The van der Waals surface area contributed by atoms with E-state index in [-0.39, 0.29) is 18.8 Å². The molecule has 0 radical (unpaired) electrons. The first kappa shape index (κ1) is 17.5. The minimum Gasteiger partial charge on any atom is -0.383 e. The van der Waals surface area contributed by atoms with Crippen molar-refractivity contribution < 1.29 is 8.78 Å². The van der Waals surface area contributed by atoms with Gasteiger partial charge in [-0.1, -0.05) is 12.1 Å². The standard InChI is InChI=1S/C21H20F2N4/c1-25-11-17-8-16(12-26-20(17)24)19-5-3-15-7-13(2-4-18(15)27-19)6-14-9-21(22,23)10-14/h2-5,7-8,11-12,14H,6,9-10H2,1H3,(H2,24,26). The molecule has 1 aliphatic carbocycles. The van der Waals surface area contributed by atoms with Crippen LogP contribution in [0.2, 0.25) is 0 Å². The number of aliphatic imine (C=N–C) groups is 1. The number of fused-ring (bicyclic) bond motifs is 1. The van der Waals surface area contributed by atoms with Gasteiger partial charge in [-0.05, 0) is 42.2 Å². The summed E-state index contributed by atoms with van der Waals surface area (Å²) in [5.74, 6) is -1.97. The molecular weight excluding hydrogens is 346 g/mol. The van der Waals surface area contributed by atoms with E-state index in [4.69, 9.17) is 10.7 Å². The van der Waals surface area contributed by atoms with Gasteiger partial charge in [0.2, 0.25) is 5.92 Å². The van der Waals surface area contributed by atoms with Crippen LogP contribution < -0.4 is 5.73 Å². The Morgan fingerprint density at radius 2 is 2.04 bits per heavy atom. The Morgan fingerprint density at radius 3 is 2.78 bits per heavy atom. The van der Waals surface area contributed by atoms with Crippen molar-refractivity contribution in [1.29, 1.82) is 0 Å². The van der Waals surface area contributed by atoms with Gasteiger partial charge >= 0.3 is 0 Å². The van der Waals surface area contributed by atoms with E-state index >= 15 is 0 Å². The molecule has 0 saturated heterocycles. The van der Waals surface area contributed by atoms with Crippen molar-refractivity contribution in [2.45, 2.75) is 25.2 Å². The lowest BCUT2D eigenvalue weighted by molar-refractivity contribution is -0.109. The van der Waals surface area contributed by atoms with Crippen LogP contribution in [0.25, 0.3) is 22.2 Å². The third-order valence-electron chi connectivity index (χ3n) is 4.97. The number of nitrogens with two attached hydrogens (primary N) is 1. The molecule has 2 aromatic heterocycles. The van der Waals surface area contributed by atoms with Crippen LogP contribution >= 0.6 is 0 Å². The lowest BCUT2D eigenvalue weighted by Crippen LogP contribution is -2.36. The maximum atomic E-state index is 13.0. The topological polar surface area (TPSA) is 64.2 Å². The van der Waals surface area contributed by atoms with Crippen molar-refractivity contribution in [3.63, 3.8) is 0 Å². The molecular formula is C21H20F2N4. The molecule has 0 aliphatic heterocycles. The smallest absolute Gasteiger partial charge is 0.248 e. The Labute approximate surface area is 156 Å². The van der Waals surface area contributed by atoms with Gasteiger partial charge in [0.25, 0.3) is 0 Å². The lowest BCUT2D eigenvalue weighted by Gasteiger charge is -2.35. The normalized spacial score (nSPS) is 16.7. The van der Waals surface area contributed by atoms with Crippen LogP contribution in [0.4, 0.5) is 14.6 Å². The maximum absolute atomic E-state index is 13.0.